The number of nitrogens with zero attached hydrogens (tertiary/aromatic N) is 2. The van der Waals surface area contributed by atoms with Gasteiger partial charge in [0.25, 0.3) is 3.79 Å². The lowest BCUT2D eigenvalue weighted by molar-refractivity contribution is 0.414. The quantitative estimate of drug-likeness (QED) is 0.563. The largest absolute Gasteiger partial charge is 0.365 e. The van der Waals surface area contributed by atoms with Crippen LogP contribution in [0.25, 0.3) is 0 Å². The fourth-order valence-electron chi connectivity index (χ4n) is 0.672. The molecule has 7 heteroatoms. The topological polar surface area (TPSA) is 38.3 Å². The maximum atomic E-state index is 5.57. The van der Waals surface area contributed by atoms with Crippen LogP contribution in [0.1, 0.15) is 16.9 Å². The minimum absolute atomic E-state index is 0.0728. The summed E-state index contributed by atoms with van der Waals surface area (Å²) in [4.78, 5) is 4.03. The van der Waals surface area contributed by atoms with Crippen LogP contribution in [0, 0.1) is 0 Å². The molecule has 1 aromatic heterocycles. The van der Waals surface area contributed by atoms with E-state index in [-0.39, 0.29) is 11.9 Å². The number of epoxide rings is 1. The number of halogens is 3. The van der Waals surface area contributed by atoms with Crippen LogP contribution in [0.3, 0.4) is 0 Å². The van der Waals surface area contributed by atoms with Crippen molar-refractivity contribution < 1.29 is 4.74 Å². The average molecular weight is 246 g/mol. The first-order valence-corrected chi connectivity index (χ1v) is 5.00. The summed E-state index contributed by atoms with van der Waals surface area (Å²) in [6.07, 6.45) is 0.0728. The lowest BCUT2D eigenvalue weighted by Crippen LogP contribution is -2.02. The second-order valence-electron chi connectivity index (χ2n) is 2.28. The second kappa shape index (κ2) is 2.96. The molecule has 1 saturated heterocycles. The molecule has 12 heavy (non-hydrogen) atoms. The van der Waals surface area contributed by atoms with Crippen molar-refractivity contribution in [1.82, 2.24) is 9.36 Å². The summed E-state index contributed by atoms with van der Waals surface area (Å²) in [7, 11) is 0. The molecule has 0 bridgehead atoms. The van der Waals surface area contributed by atoms with E-state index >= 15 is 0 Å². The number of ether oxygens (including phenoxy) is 1. The normalized spacial score (nSPS) is 22.8. The number of hydrogen-bond acceptors (Lipinski definition) is 4. The molecule has 0 spiro atoms. The Morgan fingerprint density at radius 1 is 1.50 bits per heavy atom. The smallest absolute Gasteiger partial charge is 0.251 e. The van der Waals surface area contributed by atoms with Crippen molar-refractivity contribution in [2.75, 3.05) is 6.61 Å². The summed E-state index contributed by atoms with van der Waals surface area (Å²) < 4.78 is 7.38. The molecular formula is C5H3Cl3N2OS. The highest BCUT2D eigenvalue weighted by Crippen LogP contribution is 2.39. The summed E-state index contributed by atoms with van der Waals surface area (Å²) in [5.41, 5.74) is 0. The van der Waals surface area contributed by atoms with Crippen LogP contribution in [-0.2, 0) is 8.53 Å². The van der Waals surface area contributed by atoms with Crippen LogP contribution in [0.4, 0.5) is 0 Å². The molecule has 0 amide bonds. The van der Waals surface area contributed by atoms with Crippen molar-refractivity contribution >= 4 is 46.3 Å². The highest BCUT2D eigenvalue weighted by Gasteiger charge is 2.33. The molecule has 0 aliphatic carbocycles. The zero-order valence-corrected chi connectivity index (χ0v) is 8.71. The molecule has 1 aliphatic heterocycles. The van der Waals surface area contributed by atoms with Crippen LogP contribution in [0.2, 0.25) is 0 Å². The van der Waals surface area contributed by atoms with E-state index < -0.39 is 3.79 Å². The Hall–Kier alpha value is 0.390. The van der Waals surface area contributed by atoms with E-state index in [9.17, 15) is 0 Å². The maximum absolute atomic E-state index is 5.57. The lowest BCUT2D eigenvalue weighted by atomic mass is 10.5. The molecule has 1 aliphatic rings. The van der Waals surface area contributed by atoms with Crippen molar-refractivity contribution in [3.05, 3.63) is 10.8 Å². The van der Waals surface area contributed by atoms with E-state index in [0.29, 0.717) is 6.61 Å². The SMILES string of the molecule is ClC(Cl)(Cl)c1nsc(C2CO2)n1. The molecule has 1 fully saturated rings. The molecule has 3 nitrogen and oxygen atoms in total. The molecule has 66 valence electrons. The molecular weight excluding hydrogens is 242 g/mol. The second-order valence-corrected chi connectivity index (χ2v) is 5.34. The van der Waals surface area contributed by atoms with Gasteiger partial charge in [-0.3, -0.25) is 0 Å². The van der Waals surface area contributed by atoms with Crippen molar-refractivity contribution in [3.63, 3.8) is 0 Å². The Morgan fingerprint density at radius 2 is 2.17 bits per heavy atom. The van der Waals surface area contributed by atoms with Crippen LogP contribution in [-0.4, -0.2) is 16.0 Å². The number of hydrogen-bond donors (Lipinski definition) is 0. The lowest BCUT2D eigenvalue weighted by Gasteiger charge is -2.02. The van der Waals surface area contributed by atoms with E-state index in [0.717, 1.165) is 5.01 Å². The summed E-state index contributed by atoms with van der Waals surface area (Å²) in [6, 6.07) is 0. The van der Waals surface area contributed by atoms with Gasteiger partial charge in [0, 0.05) is 0 Å². The first kappa shape index (κ1) is 8.97. The predicted molar refractivity (Wildman–Crippen MR) is 47.8 cm³/mol. The van der Waals surface area contributed by atoms with E-state index in [2.05, 4.69) is 9.36 Å². The Kier molecular flexibility index (Phi) is 2.21. The van der Waals surface area contributed by atoms with Crippen LogP contribution in [0.5, 0.6) is 0 Å². The molecule has 0 N–H and O–H groups in total. The fraction of sp³-hybridized carbons (Fsp3) is 0.600. The van der Waals surface area contributed by atoms with Gasteiger partial charge in [0.1, 0.15) is 11.1 Å². The zero-order valence-electron chi connectivity index (χ0n) is 5.63. The summed E-state index contributed by atoms with van der Waals surface area (Å²) >= 11 is 17.9. The Bertz CT molecular complexity index is 293. The van der Waals surface area contributed by atoms with Gasteiger partial charge >= 0.3 is 0 Å². The first-order chi connectivity index (χ1) is 5.57. The van der Waals surface area contributed by atoms with E-state index in [1.54, 1.807) is 0 Å². The standard InChI is InChI=1S/C5H3Cl3N2OS/c6-5(7,8)4-9-3(12-10-4)2-1-11-2/h2H,1H2. The minimum Gasteiger partial charge on any atom is -0.365 e. The third-order valence-corrected chi connectivity index (χ3v) is 2.62. The van der Waals surface area contributed by atoms with Crippen LogP contribution in [0.15, 0.2) is 0 Å². The van der Waals surface area contributed by atoms with Crippen molar-refractivity contribution in [2.24, 2.45) is 0 Å². The summed E-state index contributed by atoms with van der Waals surface area (Å²) in [6.45, 7) is 0.689. The van der Waals surface area contributed by atoms with Crippen LogP contribution >= 0.6 is 46.3 Å². The zero-order chi connectivity index (χ0) is 8.77. The van der Waals surface area contributed by atoms with Gasteiger partial charge in [-0.2, -0.15) is 4.37 Å². The minimum atomic E-state index is -1.52. The molecule has 0 saturated carbocycles. The Labute approximate surface area is 87.8 Å². The number of alkyl halides is 3. The van der Waals surface area contributed by atoms with Gasteiger partial charge in [-0.25, -0.2) is 4.98 Å². The molecule has 1 unspecified atom stereocenters. The van der Waals surface area contributed by atoms with Gasteiger partial charge in [0.15, 0.2) is 5.82 Å². The third kappa shape index (κ3) is 1.83. The van der Waals surface area contributed by atoms with Gasteiger partial charge in [0.05, 0.1) is 6.61 Å². The summed E-state index contributed by atoms with van der Waals surface area (Å²) in [5, 5.41) is 0.774. The van der Waals surface area contributed by atoms with Gasteiger partial charge in [-0.1, -0.05) is 34.8 Å². The monoisotopic (exact) mass is 244 g/mol. The molecule has 2 heterocycles. The van der Waals surface area contributed by atoms with Crippen LogP contribution < -0.4 is 0 Å². The number of rotatable bonds is 1. The number of aromatic nitrogens is 2. The first-order valence-electron chi connectivity index (χ1n) is 3.10. The molecule has 0 aromatic carbocycles. The molecule has 1 aromatic rings. The highest BCUT2D eigenvalue weighted by molar-refractivity contribution is 7.05. The Morgan fingerprint density at radius 3 is 2.58 bits per heavy atom. The van der Waals surface area contributed by atoms with Gasteiger partial charge in [0.2, 0.25) is 0 Å². The molecule has 1 atom stereocenters. The molecule has 2 rings (SSSR count). The van der Waals surface area contributed by atoms with E-state index in [1.807, 2.05) is 0 Å². The van der Waals surface area contributed by atoms with E-state index in [1.165, 1.54) is 11.5 Å². The van der Waals surface area contributed by atoms with Gasteiger partial charge in [-0.05, 0) is 11.5 Å². The maximum Gasteiger partial charge on any atom is 0.251 e. The van der Waals surface area contributed by atoms with Crippen molar-refractivity contribution in [2.45, 2.75) is 9.90 Å². The van der Waals surface area contributed by atoms with Gasteiger partial charge < -0.3 is 4.74 Å². The third-order valence-electron chi connectivity index (χ3n) is 1.30. The van der Waals surface area contributed by atoms with Crippen molar-refractivity contribution in [1.29, 1.82) is 0 Å². The Balaban J connectivity index is 2.23. The average Bonchev–Trinajstić information content (AvgIpc) is 2.66. The van der Waals surface area contributed by atoms with Gasteiger partial charge in [-0.15, -0.1) is 0 Å². The van der Waals surface area contributed by atoms with Crippen molar-refractivity contribution in [3.8, 4) is 0 Å². The highest BCUT2D eigenvalue weighted by atomic mass is 35.6. The fourth-order valence-corrected chi connectivity index (χ4v) is 1.81. The summed E-state index contributed by atoms with van der Waals surface area (Å²) in [5.74, 6) is 0.225. The molecule has 0 radical (unpaired) electrons. The predicted octanol–water partition coefficient (Wildman–Crippen LogP) is 2.44. The van der Waals surface area contributed by atoms with E-state index in [4.69, 9.17) is 39.5 Å².